The topological polar surface area (TPSA) is 91.3 Å². The van der Waals surface area contributed by atoms with Gasteiger partial charge in [0.1, 0.15) is 11.5 Å². The van der Waals surface area contributed by atoms with Crippen LogP contribution in [0.1, 0.15) is 26.3 Å². The molecule has 0 radical (unpaired) electrons. The standard InChI is InChI=1S/C22H20O7/c1-26-12-28-16-8-7-14-10-19(20(29-13-27-2)11-15(14)9-16)21(23)17-5-3-4-6-18(17)22(24)25/h3-11H,12-13H2,1-2H3,(H,24,25). The molecule has 7 nitrogen and oxygen atoms in total. The molecule has 0 aliphatic carbocycles. The van der Waals surface area contributed by atoms with Gasteiger partial charge in [-0.15, -0.1) is 0 Å². The lowest BCUT2D eigenvalue weighted by molar-refractivity contribution is 0.0504. The number of hydrogen-bond donors (Lipinski definition) is 1. The highest BCUT2D eigenvalue weighted by molar-refractivity contribution is 6.16. The van der Waals surface area contributed by atoms with Gasteiger partial charge >= 0.3 is 5.97 Å². The largest absolute Gasteiger partial charge is 0.478 e. The molecule has 1 N–H and O–H groups in total. The lowest BCUT2D eigenvalue weighted by atomic mass is 9.95. The first-order chi connectivity index (χ1) is 14.0. The van der Waals surface area contributed by atoms with E-state index in [1.807, 2.05) is 0 Å². The number of carboxylic acid groups (broad SMARTS) is 1. The van der Waals surface area contributed by atoms with Crippen LogP contribution in [-0.4, -0.2) is 44.7 Å². The molecule has 0 aromatic heterocycles. The Morgan fingerprint density at radius 1 is 0.793 bits per heavy atom. The van der Waals surface area contributed by atoms with Crippen molar-refractivity contribution >= 4 is 22.5 Å². The van der Waals surface area contributed by atoms with Crippen molar-refractivity contribution in [2.24, 2.45) is 0 Å². The fourth-order valence-electron chi connectivity index (χ4n) is 2.90. The third-order valence-electron chi connectivity index (χ3n) is 4.23. The van der Waals surface area contributed by atoms with Crippen LogP contribution in [0.3, 0.4) is 0 Å². The first kappa shape index (κ1) is 20.3. The van der Waals surface area contributed by atoms with Crippen LogP contribution < -0.4 is 9.47 Å². The Bertz CT molecular complexity index is 1040. The lowest BCUT2D eigenvalue weighted by Crippen LogP contribution is -2.12. The molecular formula is C22H20O7. The maximum atomic E-state index is 13.2. The van der Waals surface area contributed by atoms with E-state index in [4.69, 9.17) is 18.9 Å². The molecule has 0 saturated carbocycles. The fourth-order valence-corrected chi connectivity index (χ4v) is 2.90. The summed E-state index contributed by atoms with van der Waals surface area (Å²) in [4.78, 5) is 24.7. The number of rotatable bonds is 9. The van der Waals surface area contributed by atoms with Gasteiger partial charge in [-0.2, -0.15) is 0 Å². The molecule has 0 atom stereocenters. The number of carbonyl (C=O) groups is 2. The van der Waals surface area contributed by atoms with Gasteiger partial charge in [0, 0.05) is 19.8 Å². The van der Waals surface area contributed by atoms with Gasteiger partial charge in [-0.25, -0.2) is 4.79 Å². The van der Waals surface area contributed by atoms with Crippen molar-refractivity contribution < 1.29 is 33.6 Å². The molecule has 3 aromatic carbocycles. The maximum Gasteiger partial charge on any atom is 0.336 e. The van der Waals surface area contributed by atoms with E-state index in [1.54, 1.807) is 42.5 Å². The third kappa shape index (κ3) is 4.53. The normalized spacial score (nSPS) is 10.7. The molecule has 0 unspecified atom stereocenters. The average Bonchev–Trinajstić information content (AvgIpc) is 2.74. The van der Waals surface area contributed by atoms with Crippen LogP contribution in [-0.2, 0) is 9.47 Å². The van der Waals surface area contributed by atoms with Gasteiger partial charge in [0.25, 0.3) is 0 Å². The van der Waals surface area contributed by atoms with E-state index in [-0.39, 0.29) is 36.0 Å². The molecule has 7 heteroatoms. The van der Waals surface area contributed by atoms with E-state index < -0.39 is 11.8 Å². The molecule has 0 fully saturated rings. The van der Waals surface area contributed by atoms with Crippen LogP contribution in [0.15, 0.2) is 54.6 Å². The summed E-state index contributed by atoms with van der Waals surface area (Å²) in [5.74, 6) is -0.731. The second-order valence-corrected chi connectivity index (χ2v) is 6.14. The van der Waals surface area contributed by atoms with Gasteiger partial charge in [-0.3, -0.25) is 4.79 Å². The van der Waals surface area contributed by atoms with Crippen molar-refractivity contribution in [3.63, 3.8) is 0 Å². The van der Waals surface area contributed by atoms with Gasteiger partial charge in [0.2, 0.25) is 0 Å². The van der Waals surface area contributed by atoms with Crippen molar-refractivity contribution in [1.82, 2.24) is 0 Å². The van der Waals surface area contributed by atoms with E-state index >= 15 is 0 Å². The maximum absolute atomic E-state index is 13.2. The summed E-state index contributed by atoms with van der Waals surface area (Å²) in [6.07, 6.45) is 0. The minimum absolute atomic E-state index is 0.0633. The minimum atomic E-state index is -1.17. The van der Waals surface area contributed by atoms with Crippen molar-refractivity contribution in [2.75, 3.05) is 27.8 Å². The highest BCUT2D eigenvalue weighted by Crippen LogP contribution is 2.31. The third-order valence-corrected chi connectivity index (χ3v) is 4.23. The molecule has 3 rings (SSSR count). The Labute approximate surface area is 167 Å². The first-order valence-corrected chi connectivity index (χ1v) is 8.73. The van der Waals surface area contributed by atoms with Crippen LogP contribution in [0.2, 0.25) is 0 Å². The Hall–Kier alpha value is -3.42. The number of ether oxygens (including phenoxy) is 4. The van der Waals surface area contributed by atoms with E-state index in [2.05, 4.69) is 0 Å². The molecule has 3 aromatic rings. The second kappa shape index (κ2) is 9.18. The number of hydrogen-bond acceptors (Lipinski definition) is 6. The number of carboxylic acids is 1. The molecule has 0 spiro atoms. The minimum Gasteiger partial charge on any atom is -0.478 e. The van der Waals surface area contributed by atoms with Crippen molar-refractivity contribution in [3.05, 3.63) is 71.3 Å². The first-order valence-electron chi connectivity index (χ1n) is 8.73. The molecule has 29 heavy (non-hydrogen) atoms. The zero-order chi connectivity index (χ0) is 20.8. The zero-order valence-corrected chi connectivity index (χ0v) is 16.0. The molecule has 150 valence electrons. The van der Waals surface area contributed by atoms with E-state index in [0.717, 1.165) is 10.8 Å². The fraction of sp³-hybridized carbons (Fsp3) is 0.182. The molecule has 0 bridgehead atoms. The quantitative estimate of drug-likeness (QED) is 0.435. The lowest BCUT2D eigenvalue weighted by Gasteiger charge is -2.14. The van der Waals surface area contributed by atoms with Gasteiger partial charge in [0.15, 0.2) is 19.4 Å². The molecule has 0 heterocycles. The van der Waals surface area contributed by atoms with E-state index in [9.17, 15) is 14.7 Å². The summed E-state index contributed by atoms with van der Waals surface area (Å²) >= 11 is 0. The summed E-state index contributed by atoms with van der Waals surface area (Å²) in [7, 11) is 3.00. The predicted molar refractivity (Wildman–Crippen MR) is 106 cm³/mol. The smallest absolute Gasteiger partial charge is 0.336 e. The number of methoxy groups -OCH3 is 2. The van der Waals surface area contributed by atoms with Crippen molar-refractivity contribution in [3.8, 4) is 11.5 Å². The van der Waals surface area contributed by atoms with Gasteiger partial charge in [-0.05, 0) is 41.1 Å². The van der Waals surface area contributed by atoms with E-state index in [1.165, 1.54) is 26.4 Å². The van der Waals surface area contributed by atoms with Crippen LogP contribution in [0.5, 0.6) is 11.5 Å². The SMILES string of the molecule is COCOc1ccc2cc(C(=O)c3ccccc3C(=O)O)c(OCOC)cc2c1. The summed E-state index contributed by atoms with van der Waals surface area (Å²) < 4.78 is 20.9. The Morgan fingerprint density at radius 2 is 1.48 bits per heavy atom. The monoisotopic (exact) mass is 396 g/mol. The summed E-state index contributed by atoms with van der Waals surface area (Å²) in [6, 6.07) is 14.8. The number of carbonyl (C=O) groups excluding carboxylic acids is 1. The van der Waals surface area contributed by atoms with Crippen LogP contribution >= 0.6 is 0 Å². The summed E-state index contributed by atoms with van der Waals surface area (Å²) in [5, 5.41) is 11.0. The second-order valence-electron chi connectivity index (χ2n) is 6.14. The molecule has 0 aliphatic heterocycles. The number of aromatic carboxylic acids is 1. The van der Waals surface area contributed by atoms with E-state index in [0.29, 0.717) is 5.75 Å². The highest BCUT2D eigenvalue weighted by atomic mass is 16.7. The molecule has 0 amide bonds. The van der Waals surface area contributed by atoms with Crippen molar-refractivity contribution in [1.29, 1.82) is 0 Å². The molecule has 0 saturated heterocycles. The Balaban J connectivity index is 2.10. The number of benzene rings is 3. The Morgan fingerprint density at radius 3 is 2.17 bits per heavy atom. The summed E-state index contributed by atoms with van der Waals surface area (Å²) in [5.41, 5.74) is 0.258. The molecule has 0 aliphatic rings. The van der Waals surface area contributed by atoms with Crippen LogP contribution in [0, 0.1) is 0 Å². The van der Waals surface area contributed by atoms with Gasteiger partial charge in [-0.1, -0.05) is 24.3 Å². The van der Waals surface area contributed by atoms with Crippen molar-refractivity contribution in [2.45, 2.75) is 0 Å². The van der Waals surface area contributed by atoms with Gasteiger partial charge in [0.05, 0.1) is 11.1 Å². The van der Waals surface area contributed by atoms with Crippen LogP contribution in [0.25, 0.3) is 10.8 Å². The summed E-state index contributed by atoms with van der Waals surface area (Å²) in [6.45, 7) is 0.0489. The zero-order valence-electron chi connectivity index (χ0n) is 16.0. The van der Waals surface area contributed by atoms with Gasteiger partial charge < -0.3 is 24.1 Å². The number of ketones is 1. The Kier molecular flexibility index (Phi) is 6.43. The molecular weight excluding hydrogens is 376 g/mol. The predicted octanol–water partition coefficient (Wildman–Crippen LogP) is 3.73. The average molecular weight is 396 g/mol. The van der Waals surface area contributed by atoms with Crippen LogP contribution in [0.4, 0.5) is 0 Å². The number of fused-ring (bicyclic) bond motifs is 1. The highest BCUT2D eigenvalue weighted by Gasteiger charge is 2.21.